The molecule has 0 saturated carbocycles. The quantitative estimate of drug-likeness (QED) is 0.795. The Morgan fingerprint density at radius 3 is 2.33 bits per heavy atom. The van der Waals surface area contributed by atoms with E-state index in [0.717, 1.165) is 29.0 Å². The van der Waals surface area contributed by atoms with Crippen LogP contribution in [0, 0.1) is 0 Å². The summed E-state index contributed by atoms with van der Waals surface area (Å²) in [5.74, 6) is 1.54. The van der Waals surface area contributed by atoms with E-state index in [9.17, 15) is 4.79 Å². The molecule has 1 atom stereocenters. The van der Waals surface area contributed by atoms with Crippen molar-refractivity contribution in [3.63, 3.8) is 0 Å². The van der Waals surface area contributed by atoms with E-state index in [1.165, 1.54) is 0 Å². The lowest BCUT2D eigenvalue weighted by molar-refractivity contribution is -0.110. The molecule has 0 aromatic heterocycles. The van der Waals surface area contributed by atoms with Gasteiger partial charge in [-0.25, -0.2) is 0 Å². The van der Waals surface area contributed by atoms with Crippen molar-refractivity contribution in [2.75, 3.05) is 13.9 Å². The molecular formula is C17H16O4. The monoisotopic (exact) mass is 284 g/mol. The van der Waals surface area contributed by atoms with E-state index in [0.29, 0.717) is 0 Å². The molecule has 1 aromatic rings. The molecule has 0 amide bonds. The van der Waals surface area contributed by atoms with Crippen molar-refractivity contribution in [2.24, 2.45) is 0 Å². The summed E-state index contributed by atoms with van der Waals surface area (Å²) in [6, 6.07) is 4.03. The van der Waals surface area contributed by atoms with Crippen LogP contribution < -0.4 is 9.47 Å². The summed E-state index contributed by atoms with van der Waals surface area (Å²) in [5, 5.41) is 0. The van der Waals surface area contributed by atoms with Crippen LogP contribution in [0.25, 0.3) is 0 Å². The number of carbonyl (C=O) groups excluding carboxylic acids is 1. The maximum atomic E-state index is 11.5. The number of carbonyl (C=O) groups is 1. The molecule has 2 aliphatic carbocycles. The summed E-state index contributed by atoms with van der Waals surface area (Å²) in [5.41, 5.74) is 1.49. The number of ketones is 1. The van der Waals surface area contributed by atoms with Crippen LogP contribution in [0.1, 0.15) is 24.5 Å². The van der Waals surface area contributed by atoms with Crippen LogP contribution in [0.3, 0.4) is 0 Å². The summed E-state index contributed by atoms with van der Waals surface area (Å²) >= 11 is 0. The first-order valence-corrected chi connectivity index (χ1v) is 6.99. The summed E-state index contributed by atoms with van der Waals surface area (Å²) in [6.07, 6.45) is 7.97. The third-order valence-corrected chi connectivity index (χ3v) is 4.75. The molecule has 1 heterocycles. The van der Waals surface area contributed by atoms with Crippen molar-refractivity contribution >= 4 is 5.78 Å². The third-order valence-electron chi connectivity index (χ3n) is 4.75. The van der Waals surface area contributed by atoms with Gasteiger partial charge in [-0.15, -0.1) is 0 Å². The summed E-state index contributed by atoms with van der Waals surface area (Å²) < 4.78 is 16.8. The van der Waals surface area contributed by atoms with Gasteiger partial charge in [-0.1, -0.05) is 12.2 Å². The number of allylic oxidation sites excluding steroid dienone is 4. The van der Waals surface area contributed by atoms with E-state index in [2.05, 4.69) is 6.92 Å². The molecule has 4 rings (SSSR count). The van der Waals surface area contributed by atoms with Gasteiger partial charge in [0.2, 0.25) is 6.79 Å². The predicted octanol–water partition coefficient (Wildman–Crippen LogP) is 2.61. The molecule has 0 fully saturated rings. The van der Waals surface area contributed by atoms with Gasteiger partial charge in [0.15, 0.2) is 17.3 Å². The van der Waals surface area contributed by atoms with Gasteiger partial charge in [0, 0.05) is 12.5 Å². The second-order valence-corrected chi connectivity index (χ2v) is 5.97. The van der Waals surface area contributed by atoms with E-state index < -0.39 is 5.60 Å². The van der Waals surface area contributed by atoms with E-state index in [-0.39, 0.29) is 18.0 Å². The van der Waals surface area contributed by atoms with Crippen LogP contribution >= 0.6 is 0 Å². The Hall–Kier alpha value is -2.07. The minimum absolute atomic E-state index is 0.0222. The Bertz CT molecular complexity index is 685. The highest BCUT2D eigenvalue weighted by atomic mass is 16.7. The fourth-order valence-corrected chi connectivity index (χ4v) is 3.57. The molecule has 0 saturated heterocycles. The molecule has 1 unspecified atom stereocenters. The van der Waals surface area contributed by atoms with E-state index in [1.807, 2.05) is 24.3 Å². The maximum Gasteiger partial charge on any atom is 0.231 e. The average molecular weight is 284 g/mol. The van der Waals surface area contributed by atoms with Gasteiger partial charge in [-0.3, -0.25) is 4.79 Å². The molecule has 3 aliphatic rings. The first-order valence-electron chi connectivity index (χ1n) is 6.99. The molecule has 4 nitrogen and oxygen atoms in total. The van der Waals surface area contributed by atoms with Crippen LogP contribution in [0.2, 0.25) is 0 Å². The van der Waals surface area contributed by atoms with Gasteiger partial charge < -0.3 is 14.2 Å². The maximum absolute atomic E-state index is 11.5. The Labute approximate surface area is 123 Å². The lowest BCUT2D eigenvalue weighted by atomic mass is 9.78. The average Bonchev–Trinajstić information content (AvgIpc) is 3.04. The fourth-order valence-electron chi connectivity index (χ4n) is 3.57. The minimum Gasteiger partial charge on any atom is -0.454 e. The number of rotatable bonds is 1. The minimum atomic E-state index is -0.411. The highest BCUT2D eigenvalue weighted by Gasteiger charge is 2.49. The Morgan fingerprint density at radius 2 is 1.71 bits per heavy atom. The van der Waals surface area contributed by atoms with E-state index in [4.69, 9.17) is 14.2 Å². The first kappa shape index (κ1) is 12.7. The largest absolute Gasteiger partial charge is 0.454 e. The second kappa shape index (κ2) is 3.98. The zero-order chi connectivity index (χ0) is 14.7. The molecule has 0 bridgehead atoms. The Balaban J connectivity index is 1.95. The zero-order valence-electron chi connectivity index (χ0n) is 12.0. The van der Waals surface area contributed by atoms with Gasteiger partial charge in [-0.2, -0.15) is 0 Å². The number of hydrogen-bond acceptors (Lipinski definition) is 4. The summed E-state index contributed by atoms with van der Waals surface area (Å²) in [7, 11) is 1.72. The van der Waals surface area contributed by atoms with Crippen molar-refractivity contribution in [3.05, 3.63) is 47.6 Å². The lowest BCUT2D eigenvalue weighted by Gasteiger charge is -2.28. The smallest absolute Gasteiger partial charge is 0.231 e. The van der Waals surface area contributed by atoms with Crippen molar-refractivity contribution in [1.29, 1.82) is 0 Å². The van der Waals surface area contributed by atoms with Crippen LogP contribution in [-0.4, -0.2) is 19.7 Å². The molecule has 1 spiro atoms. The van der Waals surface area contributed by atoms with Gasteiger partial charge in [0.05, 0.1) is 5.60 Å². The zero-order valence-corrected chi connectivity index (χ0v) is 12.0. The van der Waals surface area contributed by atoms with Gasteiger partial charge in [-0.05, 0) is 48.8 Å². The molecule has 4 heteroatoms. The Morgan fingerprint density at radius 1 is 1.10 bits per heavy atom. The number of fused-ring (bicyclic) bond motifs is 3. The van der Waals surface area contributed by atoms with Crippen LogP contribution in [0.15, 0.2) is 36.4 Å². The van der Waals surface area contributed by atoms with Gasteiger partial charge in [0.1, 0.15) is 0 Å². The normalized spacial score (nSPS) is 27.4. The molecule has 1 aliphatic heterocycles. The standard InChI is InChI=1S/C17H16O4/c1-16(19-2)9-17(5-3-11(18)4-6-17)13-8-15-14(7-12(13)16)20-10-21-15/h3-8H,9-10H2,1-2H3. The molecular weight excluding hydrogens is 268 g/mol. The third kappa shape index (κ3) is 1.62. The van der Waals surface area contributed by atoms with E-state index in [1.54, 1.807) is 19.3 Å². The van der Waals surface area contributed by atoms with Crippen molar-refractivity contribution in [2.45, 2.75) is 24.4 Å². The van der Waals surface area contributed by atoms with Crippen molar-refractivity contribution < 1.29 is 19.0 Å². The lowest BCUT2D eigenvalue weighted by Crippen LogP contribution is -2.26. The fraction of sp³-hybridized carbons (Fsp3) is 0.353. The van der Waals surface area contributed by atoms with Crippen LogP contribution in [0.4, 0.5) is 0 Å². The SMILES string of the molecule is COC1(C)CC2(C=CC(=O)C=C2)c2cc3c(cc21)OCO3. The number of methoxy groups -OCH3 is 1. The molecule has 1 aromatic carbocycles. The van der Waals surface area contributed by atoms with Crippen LogP contribution in [-0.2, 0) is 20.5 Å². The second-order valence-electron chi connectivity index (χ2n) is 5.97. The summed E-state index contributed by atoms with van der Waals surface area (Å²) in [6.45, 7) is 2.32. The first-order chi connectivity index (χ1) is 10.1. The van der Waals surface area contributed by atoms with Crippen LogP contribution in [0.5, 0.6) is 11.5 Å². The molecule has 0 N–H and O–H groups in total. The van der Waals surface area contributed by atoms with Gasteiger partial charge >= 0.3 is 0 Å². The molecule has 0 radical (unpaired) electrons. The highest BCUT2D eigenvalue weighted by molar-refractivity contribution is 6.01. The van der Waals surface area contributed by atoms with Crippen molar-refractivity contribution in [3.8, 4) is 11.5 Å². The topological polar surface area (TPSA) is 44.8 Å². The van der Waals surface area contributed by atoms with Gasteiger partial charge in [0.25, 0.3) is 0 Å². The number of benzene rings is 1. The molecule has 108 valence electrons. The number of hydrogen-bond donors (Lipinski definition) is 0. The van der Waals surface area contributed by atoms with E-state index >= 15 is 0 Å². The molecule has 21 heavy (non-hydrogen) atoms. The van der Waals surface area contributed by atoms with Crippen molar-refractivity contribution in [1.82, 2.24) is 0 Å². The Kier molecular flexibility index (Phi) is 2.40. The number of ether oxygens (including phenoxy) is 3. The highest BCUT2D eigenvalue weighted by Crippen LogP contribution is 2.55. The summed E-state index contributed by atoms with van der Waals surface area (Å²) in [4.78, 5) is 11.5. The predicted molar refractivity (Wildman–Crippen MR) is 76.5 cm³/mol.